The van der Waals surface area contributed by atoms with E-state index in [1.54, 1.807) is 0 Å². The van der Waals surface area contributed by atoms with E-state index in [4.69, 9.17) is 0 Å². The Morgan fingerprint density at radius 2 is 1.90 bits per heavy atom. The van der Waals surface area contributed by atoms with E-state index >= 15 is 0 Å². The van der Waals surface area contributed by atoms with Crippen LogP contribution in [-0.4, -0.2) is 12.5 Å². The van der Waals surface area contributed by atoms with E-state index in [0.717, 1.165) is 30.8 Å². The van der Waals surface area contributed by atoms with Gasteiger partial charge in [-0.2, -0.15) is 0 Å². The molecule has 0 unspecified atom stereocenters. The van der Waals surface area contributed by atoms with Crippen LogP contribution in [0.25, 0.3) is 0 Å². The minimum absolute atomic E-state index is 0.0494. The monoisotopic (exact) mass is 280 g/mol. The highest BCUT2D eigenvalue weighted by molar-refractivity contribution is 6.04. The van der Waals surface area contributed by atoms with Crippen LogP contribution >= 0.6 is 0 Å². The Hall–Kier alpha value is -2.13. The summed E-state index contributed by atoms with van der Waals surface area (Å²) in [7, 11) is 0. The SMILES string of the molecule is Cc1ccc(NC(=O)c2ccc3c(c2)CNCC3)cc1C. The van der Waals surface area contributed by atoms with Crippen LogP contribution in [0.4, 0.5) is 5.69 Å². The molecule has 3 nitrogen and oxygen atoms in total. The molecule has 2 N–H and O–H groups in total. The smallest absolute Gasteiger partial charge is 0.255 e. The van der Waals surface area contributed by atoms with E-state index < -0.39 is 0 Å². The third-order valence-electron chi connectivity index (χ3n) is 4.12. The molecule has 0 radical (unpaired) electrons. The average molecular weight is 280 g/mol. The second-order valence-electron chi connectivity index (χ2n) is 5.66. The molecule has 2 aromatic rings. The molecule has 0 spiro atoms. The van der Waals surface area contributed by atoms with Crippen molar-refractivity contribution in [2.45, 2.75) is 26.8 Å². The minimum atomic E-state index is -0.0494. The maximum Gasteiger partial charge on any atom is 0.255 e. The van der Waals surface area contributed by atoms with E-state index in [1.165, 1.54) is 22.3 Å². The summed E-state index contributed by atoms with van der Waals surface area (Å²) in [5, 5.41) is 6.31. The lowest BCUT2D eigenvalue weighted by atomic mass is 9.98. The van der Waals surface area contributed by atoms with Gasteiger partial charge in [-0.25, -0.2) is 0 Å². The van der Waals surface area contributed by atoms with Gasteiger partial charge in [0.2, 0.25) is 0 Å². The minimum Gasteiger partial charge on any atom is -0.322 e. The molecule has 2 aromatic carbocycles. The molecule has 0 bridgehead atoms. The molecule has 0 saturated heterocycles. The number of benzene rings is 2. The molecule has 3 heteroatoms. The molecule has 3 rings (SSSR count). The molecule has 1 aliphatic rings. The van der Waals surface area contributed by atoms with Gasteiger partial charge in [0.15, 0.2) is 0 Å². The van der Waals surface area contributed by atoms with Gasteiger partial charge in [-0.3, -0.25) is 4.79 Å². The summed E-state index contributed by atoms with van der Waals surface area (Å²) in [5.74, 6) is -0.0494. The van der Waals surface area contributed by atoms with Crippen LogP contribution in [0.3, 0.4) is 0 Å². The second-order valence-corrected chi connectivity index (χ2v) is 5.66. The molecule has 0 aromatic heterocycles. The number of fused-ring (bicyclic) bond motifs is 1. The summed E-state index contributed by atoms with van der Waals surface area (Å²) >= 11 is 0. The van der Waals surface area contributed by atoms with Gasteiger partial charge in [0, 0.05) is 17.8 Å². The fraction of sp³-hybridized carbons (Fsp3) is 0.278. The van der Waals surface area contributed by atoms with Gasteiger partial charge < -0.3 is 10.6 Å². The number of hydrogen-bond acceptors (Lipinski definition) is 2. The van der Waals surface area contributed by atoms with Crippen LogP contribution in [0.15, 0.2) is 36.4 Å². The van der Waals surface area contributed by atoms with Gasteiger partial charge in [0.25, 0.3) is 5.91 Å². The van der Waals surface area contributed by atoms with Crippen LogP contribution < -0.4 is 10.6 Å². The summed E-state index contributed by atoms with van der Waals surface area (Å²) in [6.45, 7) is 5.98. The van der Waals surface area contributed by atoms with Gasteiger partial charge in [-0.1, -0.05) is 12.1 Å². The van der Waals surface area contributed by atoms with E-state index in [-0.39, 0.29) is 5.91 Å². The molecule has 1 amide bonds. The summed E-state index contributed by atoms with van der Waals surface area (Å²) in [6, 6.07) is 12.0. The zero-order chi connectivity index (χ0) is 14.8. The van der Waals surface area contributed by atoms with Crippen molar-refractivity contribution in [1.29, 1.82) is 0 Å². The number of aryl methyl sites for hydroxylation is 2. The highest BCUT2D eigenvalue weighted by atomic mass is 16.1. The summed E-state index contributed by atoms with van der Waals surface area (Å²) in [5.41, 5.74) is 6.55. The van der Waals surface area contributed by atoms with Crippen LogP contribution in [0.2, 0.25) is 0 Å². The predicted molar refractivity (Wildman–Crippen MR) is 85.7 cm³/mol. The van der Waals surface area contributed by atoms with Crippen molar-refractivity contribution in [3.05, 3.63) is 64.2 Å². The van der Waals surface area contributed by atoms with Gasteiger partial charge in [-0.05, 0) is 73.3 Å². The highest BCUT2D eigenvalue weighted by Gasteiger charge is 2.12. The van der Waals surface area contributed by atoms with Crippen molar-refractivity contribution in [3.63, 3.8) is 0 Å². The molecular formula is C18H20N2O. The molecule has 1 aliphatic heterocycles. The van der Waals surface area contributed by atoms with Crippen molar-refractivity contribution in [2.75, 3.05) is 11.9 Å². The number of hydrogen-bond donors (Lipinski definition) is 2. The van der Waals surface area contributed by atoms with Crippen molar-refractivity contribution in [1.82, 2.24) is 5.32 Å². The Morgan fingerprint density at radius 3 is 2.71 bits per heavy atom. The number of rotatable bonds is 2. The maximum atomic E-state index is 12.4. The molecule has 21 heavy (non-hydrogen) atoms. The predicted octanol–water partition coefficient (Wildman–Crippen LogP) is 3.20. The Kier molecular flexibility index (Phi) is 3.76. The summed E-state index contributed by atoms with van der Waals surface area (Å²) in [4.78, 5) is 12.4. The standard InChI is InChI=1S/C18H20N2O/c1-12-3-6-17(9-13(12)2)20-18(21)15-5-4-14-7-8-19-11-16(14)10-15/h3-6,9-10,19H,7-8,11H2,1-2H3,(H,20,21). The topological polar surface area (TPSA) is 41.1 Å². The first-order valence-electron chi connectivity index (χ1n) is 7.34. The number of amides is 1. The molecule has 0 saturated carbocycles. The normalized spacial score (nSPS) is 13.6. The molecule has 1 heterocycles. The number of carbonyl (C=O) groups is 1. The van der Waals surface area contributed by atoms with Gasteiger partial charge in [0.1, 0.15) is 0 Å². The third kappa shape index (κ3) is 2.98. The first-order valence-corrected chi connectivity index (χ1v) is 7.34. The Bertz CT molecular complexity index is 692. The second kappa shape index (κ2) is 5.70. The lowest BCUT2D eigenvalue weighted by Crippen LogP contribution is -2.24. The molecule has 0 fully saturated rings. The molecule has 0 aliphatic carbocycles. The summed E-state index contributed by atoms with van der Waals surface area (Å²) < 4.78 is 0. The van der Waals surface area contributed by atoms with Crippen LogP contribution in [0.1, 0.15) is 32.6 Å². The van der Waals surface area contributed by atoms with Gasteiger partial charge in [-0.15, -0.1) is 0 Å². The lowest BCUT2D eigenvalue weighted by molar-refractivity contribution is 0.102. The number of carbonyl (C=O) groups excluding carboxylic acids is 1. The lowest BCUT2D eigenvalue weighted by Gasteiger charge is -2.17. The zero-order valence-corrected chi connectivity index (χ0v) is 12.5. The Balaban J connectivity index is 1.80. The quantitative estimate of drug-likeness (QED) is 0.887. The first-order chi connectivity index (χ1) is 10.1. The van der Waals surface area contributed by atoms with Crippen molar-refractivity contribution < 1.29 is 4.79 Å². The zero-order valence-electron chi connectivity index (χ0n) is 12.5. The average Bonchev–Trinajstić information content (AvgIpc) is 2.50. The summed E-state index contributed by atoms with van der Waals surface area (Å²) in [6.07, 6.45) is 1.04. The van der Waals surface area contributed by atoms with Gasteiger partial charge in [0.05, 0.1) is 0 Å². The highest BCUT2D eigenvalue weighted by Crippen LogP contribution is 2.18. The van der Waals surface area contributed by atoms with Crippen molar-refractivity contribution >= 4 is 11.6 Å². The van der Waals surface area contributed by atoms with Crippen molar-refractivity contribution in [2.24, 2.45) is 0 Å². The van der Waals surface area contributed by atoms with E-state index in [9.17, 15) is 4.79 Å². The molecule has 0 atom stereocenters. The molecule has 108 valence electrons. The largest absolute Gasteiger partial charge is 0.322 e. The van der Waals surface area contributed by atoms with E-state index in [2.05, 4.69) is 30.5 Å². The fourth-order valence-corrected chi connectivity index (χ4v) is 2.64. The van der Waals surface area contributed by atoms with E-state index in [0.29, 0.717) is 0 Å². The van der Waals surface area contributed by atoms with E-state index in [1.807, 2.05) is 30.3 Å². The first kappa shape index (κ1) is 13.8. The number of nitrogens with one attached hydrogen (secondary N) is 2. The maximum absolute atomic E-state index is 12.4. The Morgan fingerprint density at radius 1 is 1.05 bits per heavy atom. The van der Waals surface area contributed by atoms with Crippen LogP contribution in [0, 0.1) is 13.8 Å². The van der Waals surface area contributed by atoms with Crippen LogP contribution in [0.5, 0.6) is 0 Å². The molecular weight excluding hydrogens is 260 g/mol. The Labute approximate surface area is 125 Å². The van der Waals surface area contributed by atoms with Crippen LogP contribution in [-0.2, 0) is 13.0 Å². The fourth-order valence-electron chi connectivity index (χ4n) is 2.64. The third-order valence-corrected chi connectivity index (χ3v) is 4.12. The van der Waals surface area contributed by atoms with Crippen molar-refractivity contribution in [3.8, 4) is 0 Å². The number of anilines is 1. The van der Waals surface area contributed by atoms with Gasteiger partial charge >= 0.3 is 0 Å².